The molecule has 0 saturated carbocycles. The monoisotopic (exact) mass is 395 g/mol. The predicted molar refractivity (Wildman–Crippen MR) is 106 cm³/mol. The Bertz CT molecular complexity index is 605. The summed E-state index contributed by atoms with van der Waals surface area (Å²) >= 11 is 6.02. The van der Waals surface area contributed by atoms with Gasteiger partial charge in [-0.2, -0.15) is 0 Å². The van der Waals surface area contributed by atoms with Crippen molar-refractivity contribution in [3.63, 3.8) is 0 Å². The maximum absolute atomic E-state index is 11.7. The van der Waals surface area contributed by atoms with Gasteiger partial charge in [0.25, 0.3) is 0 Å². The molecule has 2 atom stereocenters. The summed E-state index contributed by atoms with van der Waals surface area (Å²) < 4.78 is 11.4. The van der Waals surface area contributed by atoms with Crippen LogP contribution in [0.4, 0.5) is 4.79 Å². The Balaban J connectivity index is 1.64. The number of benzene rings is 1. The van der Waals surface area contributed by atoms with Crippen LogP contribution in [0, 0.1) is 0 Å². The molecule has 7 heteroatoms. The van der Waals surface area contributed by atoms with Gasteiger partial charge in [-0.3, -0.25) is 4.90 Å². The van der Waals surface area contributed by atoms with E-state index in [2.05, 4.69) is 22.3 Å². The summed E-state index contributed by atoms with van der Waals surface area (Å²) in [6, 6.07) is 8.94. The first-order valence-corrected chi connectivity index (χ1v) is 10.1. The van der Waals surface area contributed by atoms with E-state index in [0.29, 0.717) is 25.3 Å². The van der Waals surface area contributed by atoms with Crippen molar-refractivity contribution >= 4 is 17.7 Å². The highest BCUT2D eigenvalue weighted by molar-refractivity contribution is 6.30. The van der Waals surface area contributed by atoms with Crippen molar-refractivity contribution < 1.29 is 14.3 Å². The van der Waals surface area contributed by atoms with Crippen LogP contribution in [0.3, 0.4) is 0 Å². The summed E-state index contributed by atoms with van der Waals surface area (Å²) in [5, 5.41) is 4.20. The van der Waals surface area contributed by atoms with Gasteiger partial charge < -0.3 is 19.7 Å². The van der Waals surface area contributed by atoms with Crippen molar-refractivity contribution in [3.05, 3.63) is 34.9 Å². The Morgan fingerprint density at radius 1 is 1.30 bits per heavy atom. The molecule has 2 aliphatic heterocycles. The van der Waals surface area contributed by atoms with Gasteiger partial charge in [0, 0.05) is 37.7 Å². The van der Waals surface area contributed by atoms with E-state index >= 15 is 0 Å². The molecule has 6 nitrogen and oxygen atoms in total. The highest BCUT2D eigenvalue weighted by atomic mass is 35.5. The third-order valence-electron chi connectivity index (χ3n) is 5.33. The molecule has 2 heterocycles. The summed E-state index contributed by atoms with van der Waals surface area (Å²) in [5.41, 5.74) is 1.27. The molecule has 1 aromatic rings. The normalized spacial score (nSPS) is 24.6. The summed E-state index contributed by atoms with van der Waals surface area (Å²) in [6.45, 7) is 3.85. The largest absolute Gasteiger partial charge is 0.447 e. The molecule has 0 spiro atoms. The van der Waals surface area contributed by atoms with E-state index < -0.39 is 0 Å². The number of ether oxygens (including phenoxy) is 2. The zero-order chi connectivity index (χ0) is 19.2. The minimum atomic E-state index is -0.324. The van der Waals surface area contributed by atoms with Crippen LogP contribution >= 0.6 is 11.6 Å². The standard InChI is InChI=1S/C20H30ClN3O3/c1-23(2)20(25)27-14-19-12-24(17-7-9-22-10-8-17)18(13-26-19)11-15-3-5-16(21)6-4-15/h3-6,17-19,22H,7-14H2,1-2H3/t18?,19-/m1/s1. The lowest BCUT2D eigenvalue weighted by molar-refractivity contribution is -0.101. The highest BCUT2D eigenvalue weighted by Gasteiger charge is 2.34. The van der Waals surface area contributed by atoms with Crippen molar-refractivity contribution in [2.45, 2.75) is 37.5 Å². The molecule has 2 saturated heterocycles. The van der Waals surface area contributed by atoms with Gasteiger partial charge in [-0.15, -0.1) is 0 Å². The van der Waals surface area contributed by atoms with E-state index in [1.54, 1.807) is 14.1 Å². The number of nitrogens with one attached hydrogen (secondary N) is 1. The second-order valence-electron chi connectivity index (χ2n) is 7.59. The summed E-state index contributed by atoms with van der Waals surface area (Å²) in [4.78, 5) is 15.7. The van der Waals surface area contributed by atoms with Gasteiger partial charge in [0.15, 0.2) is 0 Å². The SMILES string of the molecule is CN(C)C(=O)OC[C@H]1CN(C2CCNCC2)C(Cc2ccc(Cl)cc2)CO1. The summed E-state index contributed by atoms with van der Waals surface area (Å²) in [7, 11) is 3.38. The number of carbonyl (C=O) groups excluding carboxylic acids is 1. The van der Waals surface area contributed by atoms with Crippen molar-refractivity contribution in [3.8, 4) is 0 Å². The summed E-state index contributed by atoms with van der Waals surface area (Å²) in [5.74, 6) is 0. The van der Waals surface area contributed by atoms with Crippen molar-refractivity contribution in [2.24, 2.45) is 0 Å². The lowest BCUT2D eigenvalue weighted by Gasteiger charge is -2.45. The van der Waals surface area contributed by atoms with Crippen LogP contribution in [0.15, 0.2) is 24.3 Å². The first-order valence-electron chi connectivity index (χ1n) is 9.69. The molecule has 0 aromatic heterocycles. The minimum absolute atomic E-state index is 0.0785. The number of morpholine rings is 1. The topological polar surface area (TPSA) is 54.0 Å². The van der Waals surface area contributed by atoms with Crippen LogP contribution in [0.5, 0.6) is 0 Å². The van der Waals surface area contributed by atoms with E-state index in [1.807, 2.05) is 12.1 Å². The number of piperidine rings is 1. The minimum Gasteiger partial charge on any atom is -0.447 e. The van der Waals surface area contributed by atoms with Gasteiger partial charge in [0.05, 0.1) is 6.61 Å². The zero-order valence-corrected chi connectivity index (χ0v) is 17.0. The maximum Gasteiger partial charge on any atom is 0.409 e. The maximum atomic E-state index is 11.7. The van der Waals surface area contributed by atoms with Gasteiger partial charge in [0.2, 0.25) is 0 Å². The Labute approximate surface area is 166 Å². The third-order valence-corrected chi connectivity index (χ3v) is 5.58. The van der Waals surface area contributed by atoms with Crippen LogP contribution in [0.1, 0.15) is 18.4 Å². The average Bonchev–Trinajstić information content (AvgIpc) is 2.69. The molecular weight excluding hydrogens is 366 g/mol. The molecule has 27 heavy (non-hydrogen) atoms. The fourth-order valence-electron chi connectivity index (χ4n) is 3.83. The number of amides is 1. The number of rotatable bonds is 5. The van der Waals surface area contributed by atoms with Crippen LogP contribution < -0.4 is 5.32 Å². The highest BCUT2D eigenvalue weighted by Crippen LogP contribution is 2.24. The molecule has 0 bridgehead atoms. The second kappa shape index (κ2) is 9.73. The summed E-state index contributed by atoms with van der Waals surface area (Å²) in [6.07, 6.45) is 2.81. The molecule has 150 valence electrons. The van der Waals surface area contributed by atoms with E-state index in [9.17, 15) is 4.79 Å². The molecule has 2 aliphatic rings. The van der Waals surface area contributed by atoms with Crippen molar-refractivity contribution in [1.29, 1.82) is 0 Å². The molecule has 0 radical (unpaired) electrons. The smallest absolute Gasteiger partial charge is 0.409 e. The molecule has 3 rings (SSSR count). The van der Waals surface area contributed by atoms with E-state index in [4.69, 9.17) is 21.1 Å². The first-order chi connectivity index (χ1) is 13.0. The molecule has 1 N–H and O–H groups in total. The van der Waals surface area contributed by atoms with Crippen LogP contribution in [0.2, 0.25) is 5.02 Å². The van der Waals surface area contributed by atoms with Crippen molar-refractivity contribution in [1.82, 2.24) is 15.1 Å². The van der Waals surface area contributed by atoms with Crippen LogP contribution in [-0.2, 0) is 15.9 Å². The van der Waals surface area contributed by atoms with E-state index in [0.717, 1.165) is 43.9 Å². The number of carbonyl (C=O) groups is 1. The lowest BCUT2D eigenvalue weighted by atomic mass is 9.97. The van der Waals surface area contributed by atoms with Crippen molar-refractivity contribution in [2.75, 3.05) is 46.9 Å². The molecule has 2 fully saturated rings. The van der Waals surface area contributed by atoms with Gasteiger partial charge in [-0.1, -0.05) is 23.7 Å². The molecular formula is C20H30ClN3O3. The Hall–Kier alpha value is -1.34. The zero-order valence-electron chi connectivity index (χ0n) is 16.2. The second-order valence-corrected chi connectivity index (χ2v) is 8.03. The molecule has 1 amide bonds. The van der Waals surface area contributed by atoms with Gasteiger partial charge in [-0.05, 0) is 50.0 Å². The quantitative estimate of drug-likeness (QED) is 0.829. The first kappa shape index (κ1) is 20.4. The Morgan fingerprint density at radius 3 is 2.67 bits per heavy atom. The van der Waals surface area contributed by atoms with Gasteiger partial charge in [-0.25, -0.2) is 4.79 Å². The predicted octanol–water partition coefficient (Wildman–Crippen LogP) is 2.40. The van der Waals surface area contributed by atoms with Crippen LogP contribution in [-0.4, -0.2) is 81.0 Å². The van der Waals surface area contributed by atoms with E-state index in [-0.39, 0.29) is 12.2 Å². The third kappa shape index (κ3) is 5.82. The van der Waals surface area contributed by atoms with Gasteiger partial charge in [0.1, 0.15) is 12.7 Å². The fraction of sp³-hybridized carbons (Fsp3) is 0.650. The average molecular weight is 396 g/mol. The molecule has 1 unspecified atom stereocenters. The Kier molecular flexibility index (Phi) is 7.35. The number of halogens is 1. The molecule has 0 aliphatic carbocycles. The van der Waals surface area contributed by atoms with E-state index in [1.165, 1.54) is 10.5 Å². The molecule has 1 aromatic carbocycles. The van der Waals surface area contributed by atoms with Gasteiger partial charge >= 0.3 is 6.09 Å². The van der Waals surface area contributed by atoms with Crippen LogP contribution in [0.25, 0.3) is 0 Å². The fourth-order valence-corrected chi connectivity index (χ4v) is 3.95. The Morgan fingerprint density at radius 2 is 2.00 bits per heavy atom. The number of hydrogen-bond donors (Lipinski definition) is 1. The number of hydrogen-bond acceptors (Lipinski definition) is 5. The number of nitrogens with zero attached hydrogens (tertiary/aromatic N) is 2. The lowest BCUT2D eigenvalue weighted by Crippen LogP contribution is -2.57.